The molecule has 180 valence electrons. The number of nitrogens with one attached hydrogen (secondary N) is 1. The summed E-state index contributed by atoms with van der Waals surface area (Å²) in [5.41, 5.74) is 2.88. The van der Waals surface area contributed by atoms with Gasteiger partial charge in [0, 0.05) is 25.6 Å². The summed E-state index contributed by atoms with van der Waals surface area (Å²) in [4.78, 5) is 15.3. The van der Waals surface area contributed by atoms with Gasteiger partial charge in [-0.05, 0) is 70.1 Å². The Morgan fingerprint density at radius 1 is 1.12 bits per heavy atom. The van der Waals surface area contributed by atoms with Crippen LogP contribution in [0.25, 0.3) is 0 Å². The topological polar surface area (TPSA) is 79.0 Å². The van der Waals surface area contributed by atoms with Gasteiger partial charge in [0.25, 0.3) is 0 Å². The van der Waals surface area contributed by atoms with Crippen LogP contribution < -0.4 is 10.1 Å². The predicted molar refractivity (Wildman–Crippen MR) is 130 cm³/mol. The third-order valence-corrected chi connectivity index (χ3v) is 8.43. The monoisotopic (exact) mass is 473 g/mol. The number of nitrogens with zero attached hydrogens (tertiary/aromatic N) is 2. The molecule has 2 aromatic carbocycles. The van der Waals surface area contributed by atoms with Gasteiger partial charge in [-0.3, -0.25) is 4.79 Å². The molecule has 1 N–H and O–H groups in total. The molecule has 1 fully saturated rings. The summed E-state index contributed by atoms with van der Waals surface area (Å²) in [6, 6.07) is 13.3. The molecular weight excluding hydrogens is 438 g/mol. The smallest absolute Gasteiger partial charge is 0.243 e. The number of amides is 1. The van der Waals surface area contributed by atoms with E-state index in [1.54, 1.807) is 13.2 Å². The van der Waals surface area contributed by atoms with E-state index in [2.05, 4.69) is 10.2 Å². The number of sulfonamides is 1. The van der Waals surface area contributed by atoms with E-state index in [1.807, 2.05) is 64.3 Å². The summed E-state index contributed by atoms with van der Waals surface area (Å²) in [7, 11) is 2.05. The lowest BCUT2D eigenvalue weighted by atomic mass is 9.97. The molecule has 0 spiro atoms. The van der Waals surface area contributed by atoms with Crippen LogP contribution >= 0.6 is 0 Å². The highest BCUT2D eigenvalue weighted by molar-refractivity contribution is 7.89. The second kappa shape index (κ2) is 10.7. The molecule has 7 nitrogen and oxygen atoms in total. The van der Waals surface area contributed by atoms with E-state index in [1.165, 1.54) is 4.31 Å². The number of piperidine rings is 1. The first-order valence-electron chi connectivity index (χ1n) is 11.3. The van der Waals surface area contributed by atoms with Crippen LogP contribution in [0.3, 0.4) is 0 Å². The van der Waals surface area contributed by atoms with Gasteiger partial charge in [-0.2, -0.15) is 4.31 Å². The largest absolute Gasteiger partial charge is 0.497 e. The van der Waals surface area contributed by atoms with Gasteiger partial charge in [-0.25, -0.2) is 8.42 Å². The zero-order valence-corrected chi connectivity index (χ0v) is 21.0. The molecule has 1 atom stereocenters. The number of carbonyl (C=O) groups excluding carboxylic acids is 1. The van der Waals surface area contributed by atoms with Gasteiger partial charge in [0.15, 0.2) is 0 Å². The first-order chi connectivity index (χ1) is 15.6. The summed E-state index contributed by atoms with van der Waals surface area (Å²) in [6.45, 7) is 4.96. The van der Waals surface area contributed by atoms with Crippen molar-refractivity contribution in [3.8, 4) is 5.75 Å². The minimum Gasteiger partial charge on any atom is -0.497 e. The number of hydrogen-bond acceptors (Lipinski definition) is 5. The zero-order chi connectivity index (χ0) is 24.2. The minimum atomic E-state index is -3.55. The van der Waals surface area contributed by atoms with Crippen LogP contribution in [0.4, 0.5) is 0 Å². The standard InChI is InChI=1S/C25H35N3O4S/c1-18-6-11-24(19(2)16-18)33(30,31)28-14-12-21(13-15-28)25(29)26-17-23(27(3)4)20-7-9-22(32-5)10-8-20/h6-11,16,21,23H,12-15,17H2,1-5H3,(H,26,29). The van der Waals surface area contributed by atoms with Crippen molar-refractivity contribution >= 4 is 15.9 Å². The number of ether oxygens (including phenoxy) is 1. The van der Waals surface area contributed by atoms with Crippen molar-refractivity contribution in [2.75, 3.05) is 40.8 Å². The van der Waals surface area contributed by atoms with Crippen molar-refractivity contribution in [1.29, 1.82) is 0 Å². The van der Waals surface area contributed by atoms with Gasteiger partial charge in [0.2, 0.25) is 15.9 Å². The number of hydrogen-bond donors (Lipinski definition) is 1. The van der Waals surface area contributed by atoms with Gasteiger partial charge in [0.05, 0.1) is 18.0 Å². The maximum Gasteiger partial charge on any atom is 0.243 e. The van der Waals surface area contributed by atoms with Crippen LogP contribution in [-0.2, 0) is 14.8 Å². The van der Waals surface area contributed by atoms with E-state index in [0.29, 0.717) is 37.4 Å². The molecule has 0 aromatic heterocycles. The number of likely N-dealkylation sites (N-methyl/N-ethyl adjacent to an activating group) is 1. The average Bonchev–Trinajstić information content (AvgIpc) is 2.79. The molecule has 0 radical (unpaired) electrons. The van der Waals surface area contributed by atoms with Crippen molar-refractivity contribution in [1.82, 2.24) is 14.5 Å². The predicted octanol–water partition coefficient (Wildman–Crippen LogP) is 3.13. The molecule has 1 aliphatic heterocycles. The number of carbonyl (C=O) groups is 1. The molecule has 3 rings (SSSR count). The lowest BCUT2D eigenvalue weighted by Crippen LogP contribution is -2.44. The van der Waals surface area contributed by atoms with E-state index in [4.69, 9.17) is 4.74 Å². The first-order valence-corrected chi connectivity index (χ1v) is 12.7. The molecular formula is C25H35N3O4S. The Hall–Kier alpha value is -2.42. The second-order valence-electron chi connectivity index (χ2n) is 8.95. The Balaban J connectivity index is 1.58. The summed E-state index contributed by atoms with van der Waals surface area (Å²) >= 11 is 0. The van der Waals surface area contributed by atoms with Crippen LogP contribution in [0.2, 0.25) is 0 Å². The number of rotatable bonds is 8. The highest BCUT2D eigenvalue weighted by atomic mass is 32.2. The molecule has 1 aliphatic rings. The summed E-state index contributed by atoms with van der Waals surface area (Å²) in [6.07, 6.45) is 1.04. The maximum absolute atomic E-state index is 13.1. The van der Waals surface area contributed by atoms with Crippen molar-refractivity contribution in [2.45, 2.75) is 37.6 Å². The van der Waals surface area contributed by atoms with E-state index < -0.39 is 10.0 Å². The normalized spacial score (nSPS) is 16.5. The van der Waals surface area contributed by atoms with Crippen molar-refractivity contribution < 1.29 is 17.9 Å². The van der Waals surface area contributed by atoms with E-state index >= 15 is 0 Å². The summed E-state index contributed by atoms with van der Waals surface area (Å²) in [5, 5.41) is 3.08. The third kappa shape index (κ3) is 5.93. The van der Waals surface area contributed by atoms with E-state index in [9.17, 15) is 13.2 Å². The molecule has 1 unspecified atom stereocenters. The van der Waals surface area contributed by atoms with Crippen LogP contribution in [0.15, 0.2) is 47.4 Å². The maximum atomic E-state index is 13.1. The fraction of sp³-hybridized carbons (Fsp3) is 0.480. The Morgan fingerprint density at radius 3 is 2.30 bits per heavy atom. The second-order valence-corrected chi connectivity index (χ2v) is 10.9. The fourth-order valence-electron chi connectivity index (χ4n) is 4.35. The van der Waals surface area contributed by atoms with Crippen LogP contribution in [0.1, 0.15) is 35.6 Å². The number of benzene rings is 2. The van der Waals surface area contributed by atoms with Gasteiger partial charge in [-0.1, -0.05) is 29.8 Å². The third-order valence-electron chi connectivity index (χ3n) is 6.37. The molecule has 0 aliphatic carbocycles. The lowest BCUT2D eigenvalue weighted by molar-refractivity contribution is -0.126. The molecule has 1 heterocycles. The van der Waals surface area contributed by atoms with Gasteiger partial charge in [-0.15, -0.1) is 0 Å². The Labute approximate surface area is 197 Å². The highest BCUT2D eigenvalue weighted by Crippen LogP contribution is 2.27. The molecule has 1 saturated heterocycles. The Morgan fingerprint density at radius 2 is 1.76 bits per heavy atom. The minimum absolute atomic E-state index is 0.0149. The molecule has 2 aromatic rings. The molecule has 8 heteroatoms. The van der Waals surface area contributed by atoms with E-state index in [0.717, 1.165) is 22.4 Å². The molecule has 0 bridgehead atoms. The fourth-order valence-corrected chi connectivity index (χ4v) is 6.03. The number of aryl methyl sites for hydroxylation is 2. The van der Waals surface area contributed by atoms with Crippen LogP contribution in [-0.4, -0.2) is 64.4 Å². The van der Waals surface area contributed by atoms with E-state index in [-0.39, 0.29) is 17.9 Å². The van der Waals surface area contributed by atoms with Crippen LogP contribution in [0.5, 0.6) is 5.75 Å². The molecule has 33 heavy (non-hydrogen) atoms. The number of methoxy groups -OCH3 is 1. The van der Waals surface area contributed by atoms with Gasteiger partial charge >= 0.3 is 0 Å². The average molecular weight is 474 g/mol. The Kier molecular flexibility index (Phi) is 8.15. The molecule has 1 amide bonds. The van der Waals surface area contributed by atoms with Gasteiger partial charge in [0.1, 0.15) is 5.75 Å². The zero-order valence-electron chi connectivity index (χ0n) is 20.2. The highest BCUT2D eigenvalue weighted by Gasteiger charge is 2.33. The molecule has 0 saturated carbocycles. The van der Waals surface area contributed by atoms with Crippen molar-refractivity contribution in [3.05, 3.63) is 59.2 Å². The first kappa shape index (κ1) is 25.2. The summed E-state index contributed by atoms with van der Waals surface area (Å²) in [5.74, 6) is 0.594. The quantitative estimate of drug-likeness (QED) is 0.637. The Bertz CT molecular complexity index is 1060. The summed E-state index contributed by atoms with van der Waals surface area (Å²) < 4.78 is 32.9. The van der Waals surface area contributed by atoms with Gasteiger partial charge < -0.3 is 15.0 Å². The van der Waals surface area contributed by atoms with Crippen molar-refractivity contribution in [2.24, 2.45) is 5.92 Å². The lowest BCUT2D eigenvalue weighted by Gasteiger charge is -2.32. The SMILES string of the molecule is COc1ccc(C(CNC(=O)C2CCN(S(=O)(=O)c3ccc(C)cc3C)CC2)N(C)C)cc1. The van der Waals surface area contributed by atoms with Crippen molar-refractivity contribution in [3.63, 3.8) is 0 Å². The van der Waals surface area contributed by atoms with Crippen LogP contribution in [0, 0.1) is 19.8 Å².